The van der Waals surface area contributed by atoms with E-state index < -0.39 is 5.97 Å². The summed E-state index contributed by atoms with van der Waals surface area (Å²) in [6.07, 6.45) is 1.27. The van der Waals surface area contributed by atoms with Crippen molar-refractivity contribution in [3.05, 3.63) is 41.2 Å². The molecule has 18 heavy (non-hydrogen) atoms. The van der Waals surface area contributed by atoms with Crippen LogP contribution in [-0.2, 0) is 4.74 Å². The topological polar surface area (TPSA) is 52.3 Å². The minimum absolute atomic E-state index is 0.159. The molecular formula is C12H10ClNO3S. The fraction of sp³-hybridized carbons (Fsp3) is 0.167. The standard InChI is InChI=1S/C12H10ClNO3S/c1-2-16-11(15)9-7-17-12(14-9)18-10-6-4-3-5-8(10)13/h3-7H,2H2,1H3. The summed E-state index contributed by atoms with van der Waals surface area (Å²) in [5.74, 6) is -0.493. The van der Waals surface area contributed by atoms with Gasteiger partial charge < -0.3 is 9.15 Å². The number of ether oxygens (including phenoxy) is 1. The highest BCUT2D eigenvalue weighted by Gasteiger charge is 2.14. The summed E-state index contributed by atoms with van der Waals surface area (Å²) in [4.78, 5) is 16.2. The van der Waals surface area contributed by atoms with Gasteiger partial charge in [-0.3, -0.25) is 0 Å². The quantitative estimate of drug-likeness (QED) is 0.802. The number of carbonyl (C=O) groups excluding carboxylic acids is 1. The Labute approximate surface area is 113 Å². The third-order valence-electron chi connectivity index (χ3n) is 2.00. The van der Waals surface area contributed by atoms with Crippen LogP contribution in [0.1, 0.15) is 17.4 Å². The van der Waals surface area contributed by atoms with Gasteiger partial charge in [-0.1, -0.05) is 23.7 Å². The summed E-state index contributed by atoms with van der Waals surface area (Å²) < 4.78 is 10.0. The summed E-state index contributed by atoms with van der Waals surface area (Å²) in [7, 11) is 0. The molecule has 2 aromatic rings. The van der Waals surface area contributed by atoms with Crippen molar-refractivity contribution in [2.24, 2.45) is 0 Å². The van der Waals surface area contributed by atoms with Crippen LogP contribution in [-0.4, -0.2) is 17.6 Å². The number of rotatable bonds is 4. The maximum atomic E-state index is 11.4. The van der Waals surface area contributed by atoms with Gasteiger partial charge in [0, 0.05) is 4.90 Å². The SMILES string of the molecule is CCOC(=O)c1coc(Sc2ccccc2Cl)n1. The Morgan fingerprint density at radius 1 is 1.50 bits per heavy atom. The van der Waals surface area contributed by atoms with Gasteiger partial charge in [0.15, 0.2) is 5.69 Å². The van der Waals surface area contributed by atoms with Crippen molar-refractivity contribution < 1.29 is 13.9 Å². The monoisotopic (exact) mass is 283 g/mol. The third kappa shape index (κ3) is 3.05. The molecule has 6 heteroatoms. The van der Waals surface area contributed by atoms with Gasteiger partial charge in [0.25, 0.3) is 5.22 Å². The van der Waals surface area contributed by atoms with E-state index >= 15 is 0 Å². The van der Waals surface area contributed by atoms with E-state index in [9.17, 15) is 4.79 Å². The minimum Gasteiger partial charge on any atom is -0.461 e. The predicted octanol–water partition coefficient (Wildman–Crippen LogP) is 3.66. The first-order valence-electron chi connectivity index (χ1n) is 5.25. The van der Waals surface area contributed by atoms with Gasteiger partial charge in [0.2, 0.25) is 0 Å². The van der Waals surface area contributed by atoms with Gasteiger partial charge >= 0.3 is 5.97 Å². The van der Waals surface area contributed by atoms with E-state index in [0.29, 0.717) is 16.9 Å². The van der Waals surface area contributed by atoms with Crippen molar-refractivity contribution in [2.75, 3.05) is 6.61 Å². The Balaban J connectivity index is 2.12. The molecule has 0 amide bonds. The molecule has 0 aliphatic rings. The number of esters is 1. The van der Waals surface area contributed by atoms with Crippen LogP contribution in [0.25, 0.3) is 0 Å². The van der Waals surface area contributed by atoms with E-state index in [1.165, 1.54) is 18.0 Å². The molecule has 0 aliphatic carbocycles. The van der Waals surface area contributed by atoms with Gasteiger partial charge in [-0.2, -0.15) is 4.98 Å². The third-order valence-corrected chi connectivity index (χ3v) is 3.38. The minimum atomic E-state index is -0.493. The van der Waals surface area contributed by atoms with Gasteiger partial charge in [-0.25, -0.2) is 4.79 Å². The molecule has 0 radical (unpaired) electrons. The van der Waals surface area contributed by atoms with Gasteiger partial charge in [0.1, 0.15) is 6.26 Å². The molecule has 2 rings (SSSR count). The van der Waals surface area contributed by atoms with Crippen molar-refractivity contribution in [3.8, 4) is 0 Å². The number of nitrogens with zero attached hydrogens (tertiary/aromatic N) is 1. The van der Waals surface area contributed by atoms with E-state index in [1.807, 2.05) is 18.2 Å². The van der Waals surface area contributed by atoms with Crippen LogP contribution in [0, 0.1) is 0 Å². The Kier molecular flexibility index (Phi) is 4.28. The van der Waals surface area contributed by atoms with E-state index in [2.05, 4.69) is 4.98 Å². The molecule has 94 valence electrons. The summed E-state index contributed by atoms with van der Waals surface area (Å²) in [6, 6.07) is 7.33. The normalized spacial score (nSPS) is 10.3. The first-order valence-corrected chi connectivity index (χ1v) is 6.45. The second-order valence-corrected chi connectivity index (χ2v) is 4.65. The number of halogens is 1. The zero-order valence-corrected chi connectivity index (χ0v) is 11.1. The van der Waals surface area contributed by atoms with Crippen molar-refractivity contribution in [3.63, 3.8) is 0 Å². The van der Waals surface area contributed by atoms with Gasteiger partial charge in [0.05, 0.1) is 11.6 Å². The summed E-state index contributed by atoms with van der Waals surface area (Å²) in [5.41, 5.74) is 0.159. The molecule has 4 nitrogen and oxygen atoms in total. The summed E-state index contributed by atoms with van der Waals surface area (Å²) >= 11 is 7.26. The maximum Gasteiger partial charge on any atom is 0.360 e. The smallest absolute Gasteiger partial charge is 0.360 e. The fourth-order valence-electron chi connectivity index (χ4n) is 1.22. The maximum absolute atomic E-state index is 11.4. The fourth-order valence-corrected chi connectivity index (χ4v) is 2.22. The first-order chi connectivity index (χ1) is 8.70. The highest BCUT2D eigenvalue weighted by atomic mass is 35.5. The van der Waals surface area contributed by atoms with Crippen LogP contribution in [0.2, 0.25) is 5.02 Å². The molecule has 0 bridgehead atoms. The molecule has 0 N–H and O–H groups in total. The lowest BCUT2D eigenvalue weighted by molar-refractivity contribution is 0.0519. The molecule has 0 aliphatic heterocycles. The van der Waals surface area contributed by atoms with E-state index in [0.717, 1.165) is 4.90 Å². The van der Waals surface area contributed by atoms with Crippen LogP contribution in [0.4, 0.5) is 0 Å². The van der Waals surface area contributed by atoms with Crippen molar-refractivity contribution in [1.82, 2.24) is 4.98 Å². The zero-order chi connectivity index (χ0) is 13.0. The van der Waals surface area contributed by atoms with Crippen LogP contribution < -0.4 is 0 Å². The Hall–Kier alpha value is -1.46. The molecule has 0 spiro atoms. The first kappa shape index (κ1) is 13.0. The number of benzene rings is 1. The number of aromatic nitrogens is 1. The summed E-state index contributed by atoms with van der Waals surface area (Å²) in [6.45, 7) is 2.04. The van der Waals surface area contributed by atoms with E-state index in [-0.39, 0.29) is 5.69 Å². The number of hydrogen-bond acceptors (Lipinski definition) is 5. The van der Waals surface area contributed by atoms with Gasteiger partial charge in [-0.05, 0) is 30.8 Å². The van der Waals surface area contributed by atoms with Crippen LogP contribution in [0.5, 0.6) is 0 Å². The highest BCUT2D eigenvalue weighted by Crippen LogP contribution is 2.32. The van der Waals surface area contributed by atoms with Gasteiger partial charge in [-0.15, -0.1) is 0 Å². The van der Waals surface area contributed by atoms with Crippen molar-refractivity contribution in [1.29, 1.82) is 0 Å². The molecule has 1 aromatic carbocycles. The second-order valence-electron chi connectivity index (χ2n) is 3.25. The van der Waals surface area contributed by atoms with Crippen LogP contribution in [0.3, 0.4) is 0 Å². The molecule has 0 fully saturated rings. The molecule has 0 saturated carbocycles. The Morgan fingerprint density at radius 2 is 2.28 bits per heavy atom. The average Bonchev–Trinajstić information content (AvgIpc) is 2.81. The van der Waals surface area contributed by atoms with Crippen molar-refractivity contribution >= 4 is 29.3 Å². The lowest BCUT2D eigenvalue weighted by atomic mass is 10.4. The average molecular weight is 284 g/mol. The lowest BCUT2D eigenvalue weighted by Crippen LogP contribution is -2.04. The summed E-state index contributed by atoms with van der Waals surface area (Å²) in [5, 5.41) is 0.963. The second kappa shape index (κ2) is 5.93. The molecule has 1 aromatic heterocycles. The molecule has 0 unspecified atom stereocenters. The van der Waals surface area contributed by atoms with Crippen LogP contribution in [0.15, 0.2) is 45.1 Å². The number of carbonyl (C=O) groups is 1. The Bertz CT molecular complexity index is 556. The molecule has 1 heterocycles. The predicted molar refractivity (Wildman–Crippen MR) is 68.0 cm³/mol. The molecule has 0 saturated heterocycles. The lowest BCUT2D eigenvalue weighted by Gasteiger charge is -1.98. The van der Waals surface area contributed by atoms with Crippen molar-refractivity contribution in [2.45, 2.75) is 17.0 Å². The largest absolute Gasteiger partial charge is 0.461 e. The Morgan fingerprint density at radius 3 is 3.00 bits per heavy atom. The number of hydrogen-bond donors (Lipinski definition) is 0. The highest BCUT2D eigenvalue weighted by molar-refractivity contribution is 7.99. The van der Waals surface area contributed by atoms with E-state index in [4.69, 9.17) is 20.8 Å². The number of oxazole rings is 1. The van der Waals surface area contributed by atoms with E-state index in [1.54, 1.807) is 13.0 Å². The molecular weight excluding hydrogens is 274 g/mol. The molecule has 0 atom stereocenters. The van der Waals surface area contributed by atoms with Crippen LogP contribution >= 0.6 is 23.4 Å². The zero-order valence-electron chi connectivity index (χ0n) is 9.55.